The van der Waals surface area contributed by atoms with Crippen LogP contribution in [-0.4, -0.2) is 85.5 Å². The second-order valence-corrected chi connectivity index (χ2v) is 10.6. The predicted octanol–water partition coefficient (Wildman–Crippen LogP) is 1.71. The van der Waals surface area contributed by atoms with Crippen LogP contribution < -0.4 is 15.4 Å². The van der Waals surface area contributed by atoms with Crippen LogP contribution in [-0.2, 0) is 38.5 Å². The third kappa shape index (κ3) is 6.80. The Balaban J connectivity index is 1.10. The first-order chi connectivity index (χ1) is 19.4. The molecule has 0 aromatic heterocycles. The molecular formula is C29H33ClN4O6. The van der Waals surface area contributed by atoms with Gasteiger partial charge in [0, 0.05) is 44.7 Å². The van der Waals surface area contributed by atoms with Crippen molar-refractivity contribution in [2.24, 2.45) is 0 Å². The molecule has 3 aliphatic rings. The number of hydrogen-bond acceptors (Lipinski definition) is 7. The maximum atomic E-state index is 13.1. The van der Waals surface area contributed by atoms with Crippen molar-refractivity contribution < 1.29 is 28.7 Å². The molecule has 0 aliphatic carbocycles. The van der Waals surface area contributed by atoms with Crippen molar-refractivity contribution in [1.82, 2.24) is 20.4 Å². The van der Waals surface area contributed by atoms with Crippen LogP contribution >= 0.6 is 11.6 Å². The van der Waals surface area contributed by atoms with E-state index in [9.17, 15) is 19.2 Å². The highest BCUT2D eigenvalue weighted by Crippen LogP contribution is 2.26. The molecule has 0 bridgehead atoms. The van der Waals surface area contributed by atoms with Crippen molar-refractivity contribution >= 4 is 35.2 Å². The lowest BCUT2D eigenvalue weighted by atomic mass is 9.93. The third-order valence-electron chi connectivity index (χ3n) is 7.49. The van der Waals surface area contributed by atoms with E-state index >= 15 is 0 Å². The molecule has 1 unspecified atom stereocenters. The Morgan fingerprint density at radius 3 is 2.62 bits per heavy atom. The number of fused-ring (bicyclic) bond motifs is 1. The molecule has 2 saturated heterocycles. The van der Waals surface area contributed by atoms with Crippen molar-refractivity contribution in [3.05, 3.63) is 63.7 Å². The van der Waals surface area contributed by atoms with E-state index in [0.717, 1.165) is 49.5 Å². The van der Waals surface area contributed by atoms with Gasteiger partial charge in [0.05, 0.1) is 24.7 Å². The number of halogens is 1. The summed E-state index contributed by atoms with van der Waals surface area (Å²) in [6.07, 6.45) is 1.34. The molecule has 0 radical (unpaired) electrons. The van der Waals surface area contributed by atoms with Crippen LogP contribution in [0.3, 0.4) is 0 Å². The number of carbonyl (C=O) groups excluding carboxylic acids is 4. The normalized spacial score (nSPS) is 19.7. The number of nitrogens with zero attached hydrogens (tertiary/aromatic N) is 2. The Hall–Kier alpha value is -3.47. The predicted molar refractivity (Wildman–Crippen MR) is 147 cm³/mol. The summed E-state index contributed by atoms with van der Waals surface area (Å²) in [5.41, 5.74) is 3.10. The van der Waals surface area contributed by atoms with Crippen LogP contribution in [0.4, 0.5) is 0 Å². The summed E-state index contributed by atoms with van der Waals surface area (Å²) in [4.78, 5) is 53.2. The second kappa shape index (κ2) is 12.8. The molecule has 212 valence electrons. The van der Waals surface area contributed by atoms with Crippen molar-refractivity contribution in [3.8, 4) is 5.75 Å². The first-order valence-corrected chi connectivity index (χ1v) is 14.0. The van der Waals surface area contributed by atoms with Crippen LogP contribution in [0.5, 0.6) is 5.75 Å². The molecule has 10 nitrogen and oxygen atoms in total. The molecule has 11 heteroatoms. The summed E-state index contributed by atoms with van der Waals surface area (Å²) in [5, 5.41) is 5.72. The summed E-state index contributed by atoms with van der Waals surface area (Å²) in [6.45, 7) is 5.36. The minimum absolute atomic E-state index is 0.144. The van der Waals surface area contributed by atoms with Crippen LogP contribution in [0.2, 0.25) is 5.02 Å². The molecule has 0 saturated carbocycles. The zero-order valence-corrected chi connectivity index (χ0v) is 23.0. The number of benzene rings is 2. The van der Waals surface area contributed by atoms with E-state index in [1.165, 1.54) is 0 Å². The van der Waals surface area contributed by atoms with E-state index in [4.69, 9.17) is 21.1 Å². The molecule has 3 heterocycles. The van der Waals surface area contributed by atoms with E-state index in [2.05, 4.69) is 15.5 Å². The SMILES string of the molecule is O=C(Cc1ccc(OCCN2CCOCC2)c(Cl)c1)NCc1ccc2c(c1)CCN(C1CCC(=O)NC1=O)C2=O. The minimum atomic E-state index is -0.624. The zero-order valence-electron chi connectivity index (χ0n) is 22.2. The first-order valence-electron chi connectivity index (χ1n) is 13.6. The van der Waals surface area contributed by atoms with E-state index in [1.54, 1.807) is 23.1 Å². The fraction of sp³-hybridized carbons (Fsp3) is 0.448. The van der Waals surface area contributed by atoms with Gasteiger partial charge >= 0.3 is 0 Å². The van der Waals surface area contributed by atoms with E-state index in [1.807, 2.05) is 18.2 Å². The average molecular weight is 569 g/mol. The lowest BCUT2D eigenvalue weighted by Gasteiger charge is -2.36. The molecule has 2 aromatic rings. The molecular weight excluding hydrogens is 536 g/mol. The van der Waals surface area contributed by atoms with Gasteiger partial charge in [-0.15, -0.1) is 0 Å². The van der Waals surface area contributed by atoms with Crippen molar-refractivity contribution in [1.29, 1.82) is 0 Å². The van der Waals surface area contributed by atoms with Gasteiger partial charge in [0.15, 0.2) is 0 Å². The van der Waals surface area contributed by atoms with Gasteiger partial charge in [0.1, 0.15) is 18.4 Å². The number of imide groups is 1. The van der Waals surface area contributed by atoms with Gasteiger partial charge in [-0.25, -0.2) is 0 Å². The van der Waals surface area contributed by atoms with Gasteiger partial charge in [0.2, 0.25) is 17.7 Å². The largest absolute Gasteiger partial charge is 0.491 e. The number of piperidine rings is 1. The standard InChI is InChI=1S/C29H33ClN4O6/c30-23-16-19(2-5-25(23)40-14-11-33-9-12-39-13-10-33)17-27(36)31-18-20-1-3-22-21(15-20)7-8-34(29(22)38)24-4-6-26(35)32-28(24)37/h1-3,5,15-16,24H,4,6-14,17-18H2,(H,31,36)(H,32,35,37). The summed E-state index contributed by atoms with van der Waals surface area (Å²) in [5.74, 6) is -0.480. The Bertz CT molecular complexity index is 1300. The number of ether oxygens (including phenoxy) is 2. The number of carbonyl (C=O) groups is 4. The molecule has 1 atom stereocenters. The molecule has 5 rings (SSSR count). The molecule has 2 N–H and O–H groups in total. The summed E-state index contributed by atoms with van der Waals surface area (Å²) in [7, 11) is 0. The molecule has 4 amide bonds. The monoisotopic (exact) mass is 568 g/mol. The number of nitrogens with one attached hydrogen (secondary N) is 2. The number of amides is 4. The topological polar surface area (TPSA) is 117 Å². The highest BCUT2D eigenvalue weighted by atomic mass is 35.5. The first kappa shape index (κ1) is 28.1. The van der Waals surface area contributed by atoms with Crippen LogP contribution in [0.25, 0.3) is 0 Å². The maximum absolute atomic E-state index is 13.1. The molecule has 40 heavy (non-hydrogen) atoms. The van der Waals surface area contributed by atoms with Gasteiger partial charge in [-0.05, 0) is 47.7 Å². The van der Waals surface area contributed by atoms with Crippen LogP contribution in [0, 0.1) is 0 Å². The van der Waals surface area contributed by atoms with Gasteiger partial charge in [-0.1, -0.05) is 29.8 Å². The Labute approximate surface area is 237 Å². The Morgan fingerprint density at radius 2 is 1.85 bits per heavy atom. The van der Waals surface area contributed by atoms with Gasteiger partial charge in [0.25, 0.3) is 5.91 Å². The average Bonchev–Trinajstić information content (AvgIpc) is 2.94. The Kier molecular flexibility index (Phi) is 8.98. The maximum Gasteiger partial charge on any atom is 0.254 e. The van der Waals surface area contributed by atoms with Gasteiger partial charge < -0.3 is 19.7 Å². The highest BCUT2D eigenvalue weighted by Gasteiger charge is 2.37. The van der Waals surface area contributed by atoms with E-state index < -0.39 is 11.9 Å². The molecule has 2 aromatic carbocycles. The van der Waals surface area contributed by atoms with E-state index in [0.29, 0.717) is 48.9 Å². The summed E-state index contributed by atoms with van der Waals surface area (Å²) in [6, 6.07) is 10.2. The summed E-state index contributed by atoms with van der Waals surface area (Å²) >= 11 is 6.40. The second-order valence-electron chi connectivity index (χ2n) is 10.2. The zero-order chi connectivity index (χ0) is 28.1. The number of rotatable bonds is 9. The van der Waals surface area contributed by atoms with Crippen molar-refractivity contribution in [2.45, 2.75) is 38.3 Å². The molecule has 2 fully saturated rings. The molecule has 0 spiro atoms. The molecule has 3 aliphatic heterocycles. The van der Waals surface area contributed by atoms with Crippen molar-refractivity contribution in [2.75, 3.05) is 46.0 Å². The smallest absolute Gasteiger partial charge is 0.254 e. The number of hydrogen-bond donors (Lipinski definition) is 2. The number of morpholine rings is 1. The Morgan fingerprint density at radius 1 is 1.05 bits per heavy atom. The lowest BCUT2D eigenvalue weighted by Crippen LogP contribution is -2.55. The quantitative estimate of drug-likeness (QED) is 0.442. The van der Waals surface area contributed by atoms with Crippen molar-refractivity contribution in [3.63, 3.8) is 0 Å². The fourth-order valence-electron chi connectivity index (χ4n) is 5.28. The van der Waals surface area contributed by atoms with Gasteiger partial charge in [-0.3, -0.25) is 29.4 Å². The minimum Gasteiger partial charge on any atom is -0.491 e. The summed E-state index contributed by atoms with van der Waals surface area (Å²) < 4.78 is 11.2. The lowest BCUT2D eigenvalue weighted by molar-refractivity contribution is -0.137. The van der Waals surface area contributed by atoms with E-state index in [-0.39, 0.29) is 30.6 Å². The third-order valence-corrected chi connectivity index (χ3v) is 7.78. The van der Waals surface area contributed by atoms with Crippen LogP contribution in [0.1, 0.15) is 39.9 Å². The van der Waals surface area contributed by atoms with Gasteiger partial charge in [-0.2, -0.15) is 0 Å². The fourth-order valence-corrected chi connectivity index (χ4v) is 5.53. The highest BCUT2D eigenvalue weighted by molar-refractivity contribution is 6.32. The van der Waals surface area contributed by atoms with Crippen LogP contribution in [0.15, 0.2) is 36.4 Å².